The van der Waals surface area contributed by atoms with Gasteiger partial charge in [0.25, 0.3) is 0 Å². The zero-order valence-electron chi connectivity index (χ0n) is 19.9. The van der Waals surface area contributed by atoms with Crippen molar-refractivity contribution in [3.05, 3.63) is 91.5 Å². The molecule has 0 unspecified atom stereocenters. The lowest BCUT2D eigenvalue weighted by atomic mass is 9.99. The van der Waals surface area contributed by atoms with Crippen molar-refractivity contribution in [2.24, 2.45) is 5.92 Å². The van der Waals surface area contributed by atoms with Gasteiger partial charge in [0.2, 0.25) is 5.88 Å². The number of rotatable bonds is 7. The first-order chi connectivity index (χ1) is 17.8. The van der Waals surface area contributed by atoms with Crippen LogP contribution in [0.25, 0.3) is 45.2 Å². The lowest BCUT2D eigenvalue weighted by Crippen LogP contribution is -2.30. The van der Waals surface area contributed by atoms with Gasteiger partial charge in [-0.2, -0.15) is 0 Å². The van der Waals surface area contributed by atoms with Crippen LogP contribution in [0.1, 0.15) is 12.8 Å². The zero-order valence-corrected chi connectivity index (χ0v) is 19.9. The maximum absolute atomic E-state index is 6.12. The van der Waals surface area contributed by atoms with Gasteiger partial charge in [-0.05, 0) is 56.1 Å². The van der Waals surface area contributed by atoms with E-state index in [1.54, 1.807) is 18.7 Å². The van der Waals surface area contributed by atoms with Crippen LogP contribution in [0.4, 0.5) is 0 Å². The van der Waals surface area contributed by atoms with E-state index in [0.717, 1.165) is 71.1 Å². The van der Waals surface area contributed by atoms with Crippen LogP contribution >= 0.6 is 0 Å². The van der Waals surface area contributed by atoms with Crippen molar-refractivity contribution in [3.63, 3.8) is 0 Å². The minimum Gasteiger partial charge on any atom is -0.476 e. The topological polar surface area (TPSA) is 73.3 Å². The molecular weight excluding hydrogens is 450 g/mol. The summed E-state index contributed by atoms with van der Waals surface area (Å²) in [6, 6.07) is 24.1. The maximum Gasteiger partial charge on any atom is 0.232 e. The molecule has 5 aromatic rings. The first-order valence-electron chi connectivity index (χ1n) is 12.3. The highest BCUT2D eigenvalue weighted by Crippen LogP contribution is 2.33. The molecule has 6 rings (SSSR count). The number of piperidine rings is 1. The molecule has 0 amide bonds. The molecule has 6 heteroatoms. The number of benzene rings is 2. The molecule has 1 aliphatic rings. The average molecular weight is 478 g/mol. The molecule has 0 bridgehead atoms. The Morgan fingerprint density at radius 3 is 1.83 bits per heavy atom. The molecule has 3 aromatic heterocycles. The second-order valence-electron chi connectivity index (χ2n) is 9.02. The quantitative estimate of drug-likeness (QED) is 0.281. The van der Waals surface area contributed by atoms with Crippen molar-refractivity contribution in [2.75, 3.05) is 19.7 Å². The van der Waals surface area contributed by atoms with Crippen LogP contribution < -0.4 is 10.1 Å². The predicted molar refractivity (Wildman–Crippen MR) is 139 cm³/mol. The molecular formula is C30H27N3O3. The Morgan fingerprint density at radius 1 is 0.722 bits per heavy atom. The van der Waals surface area contributed by atoms with Gasteiger partial charge in [-0.3, -0.25) is 0 Å². The number of ether oxygens (including phenoxy) is 1. The van der Waals surface area contributed by atoms with E-state index in [0.29, 0.717) is 18.4 Å². The standard InChI is InChI=1S/C30H27N3O3/c1-3-26(34-17-1)22-5-9-24(10-6-22)29-30(25-11-7-23(8-12-25)27-4-2-18-35-27)33-28(19-32-29)36-20-21-13-15-31-16-14-21/h1-12,17-19,21,31H,13-16,20H2. The van der Waals surface area contributed by atoms with E-state index < -0.39 is 0 Å². The summed E-state index contributed by atoms with van der Waals surface area (Å²) < 4.78 is 17.2. The number of nitrogens with one attached hydrogen (secondary N) is 1. The maximum atomic E-state index is 6.12. The van der Waals surface area contributed by atoms with E-state index in [-0.39, 0.29) is 0 Å². The Hall–Kier alpha value is -4.16. The third-order valence-corrected chi connectivity index (χ3v) is 6.60. The van der Waals surface area contributed by atoms with E-state index in [1.165, 1.54) is 0 Å². The predicted octanol–water partition coefficient (Wildman–Crippen LogP) is 6.71. The second-order valence-corrected chi connectivity index (χ2v) is 9.02. The molecule has 1 saturated heterocycles. The van der Waals surface area contributed by atoms with E-state index in [9.17, 15) is 0 Å². The van der Waals surface area contributed by atoms with E-state index >= 15 is 0 Å². The summed E-state index contributed by atoms with van der Waals surface area (Å²) in [5.41, 5.74) is 5.57. The lowest BCUT2D eigenvalue weighted by Gasteiger charge is -2.22. The van der Waals surface area contributed by atoms with Crippen molar-refractivity contribution in [2.45, 2.75) is 12.8 Å². The minimum absolute atomic E-state index is 0.540. The molecule has 0 atom stereocenters. The van der Waals surface area contributed by atoms with Gasteiger partial charge in [0.15, 0.2) is 0 Å². The molecule has 1 N–H and O–H groups in total. The molecule has 36 heavy (non-hydrogen) atoms. The fourth-order valence-corrected chi connectivity index (χ4v) is 4.58. The fourth-order valence-electron chi connectivity index (χ4n) is 4.58. The highest BCUT2D eigenvalue weighted by molar-refractivity contribution is 5.80. The van der Waals surface area contributed by atoms with Crippen LogP contribution in [0.15, 0.2) is 100 Å². The number of nitrogens with zero attached hydrogens (tertiary/aromatic N) is 2. The summed E-state index contributed by atoms with van der Waals surface area (Å²) in [4.78, 5) is 9.74. The SMILES string of the molecule is c1coc(-c2ccc(-c3ncc(OCC4CCNCC4)nc3-c3ccc(-c4ccco4)cc3)cc2)c1. The van der Waals surface area contributed by atoms with E-state index in [2.05, 4.69) is 29.6 Å². The van der Waals surface area contributed by atoms with E-state index in [4.69, 9.17) is 23.5 Å². The zero-order chi connectivity index (χ0) is 24.2. The van der Waals surface area contributed by atoms with Crippen molar-refractivity contribution in [3.8, 4) is 51.0 Å². The first-order valence-corrected chi connectivity index (χ1v) is 12.3. The summed E-state index contributed by atoms with van der Waals surface area (Å²) in [6.45, 7) is 2.74. The Morgan fingerprint density at radius 2 is 1.28 bits per heavy atom. The molecule has 180 valence electrons. The normalized spacial score (nSPS) is 14.1. The van der Waals surface area contributed by atoms with Gasteiger partial charge in [-0.15, -0.1) is 0 Å². The van der Waals surface area contributed by atoms with Gasteiger partial charge in [-0.25, -0.2) is 9.97 Å². The fraction of sp³-hybridized carbons (Fsp3) is 0.200. The van der Waals surface area contributed by atoms with Gasteiger partial charge in [0.1, 0.15) is 17.2 Å². The first kappa shape index (κ1) is 22.3. The number of aromatic nitrogens is 2. The molecule has 1 fully saturated rings. The summed E-state index contributed by atoms with van der Waals surface area (Å²) in [5.74, 6) is 2.76. The van der Waals surface area contributed by atoms with Crippen LogP contribution in [0.5, 0.6) is 5.88 Å². The molecule has 6 nitrogen and oxygen atoms in total. The summed E-state index contributed by atoms with van der Waals surface area (Å²) in [6.07, 6.45) is 7.34. The molecule has 2 aromatic carbocycles. The molecule has 0 aliphatic carbocycles. The van der Waals surface area contributed by atoms with Gasteiger partial charge < -0.3 is 18.9 Å². The van der Waals surface area contributed by atoms with Crippen LogP contribution in [0.3, 0.4) is 0 Å². The third kappa shape index (κ3) is 4.81. The number of hydrogen-bond acceptors (Lipinski definition) is 6. The number of hydrogen-bond donors (Lipinski definition) is 1. The average Bonchev–Trinajstić information content (AvgIpc) is 3.68. The lowest BCUT2D eigenvalue weighted by molar-refractivity contribution is 0.208. The van der Waals surface area contributed by atoms with Gasteiger partial charge in [-0.1, -0.05) is 48.5 Å². The van der Waals surface area contributed by atoms with Crippen LogP contribution in [0.2, 0.25) is 0 Å². The number of furan rings is 2. The summed E-state index contributed by atoms with van der Waals surface area (Å²) >= 11 is 0. The molecule has 0 radical (unpaired) electrons. The second kappa shape index (κ2) is 10.2. The highest BCUT2D eigenvalue weighted by atomic mass is 16.5. The molecule has 0 spiro atoms. The van der Waals surface area contributed by atoms with Gasteiger partial charge in [0, 0.05) is 22.3 Å². The van der Waals surface area contributed by atoms with Crippen molar-refractivity contribution >= 4 is 0 Å². The Bertz CT molecular complexity index is 1390. The smallest absolute Gasteiger partial charge is 0.232 e. The Balaban J connectivity index is 1.33. The minimum atomic E-state index is 0.540. The van der Waals surface area contributed by atoms with Crippen molar-refractivity contribution in [1.82, 2.24) is 15.3 Å². The Kier molecular flexibility index (Phi) is 6.33. The monoisotopic (exact) mass is 477 g/mol. The van der Waals surface area contributed by atoms with E-state index in [1.807, 2.05) is 48.5 Å². The highest BCUT2D eigenvalue weighted by Gasteiger charge is 2.17. The van der Waals surface area contributed by atoms with Gasteiger partial charge >= 0.3 is 0 Å². The third-order valence-electron chi connectivity index (χ3n) is 6.60. The van der Waals surface area contributed by atoms with Crippen LogP contribution in [-0.2, 0) is 0 Å². The Labute approximate surface area is 210 Å². The van der Waals surface area contributed by atoms with Crippen LogP contribution in [-0.4, -0.2) is 29.7 Å². The molecule has 4 heterocycles. The summed E-state index contributed by atoms with van der Waals surface area (Å²) in [7, 11) is 0. The van der Waals surface area contributed by atoms with Crippen LogP contribution in [0, 0.1) is 5.92 Å². The molecule has 1 aliphatic heterocycles. The van der Waals surface area contributed by atoms with Crippen molar-refractivity contribution < 1.29 is 13.6 Å². The van der Waals surface area contributed by atoms with Gasteiger partial charge in [0.05, 0.1) is 31.0 Å². The van der Waals surface area contributed by atoms with Crippen molar-refractivity contribution in [1.29, 1.82) is 0 Å². The summed E-state index contributed by atoms with van der Waals surface area (Å²) in [5, 5.41) is 3.40. The molecule has 0 saturated carbocycles. The largest absolute Gasteiger partial charge is 0.476 e.